The summed E-state index contributed by atoms with van der Waals surface area (Å²) < 4.78 is 35.8. The first-order valence-corrected chi connectivity index (χ1v) is 12.8. The third-order valence-electron chi connectivity index (χ3n) is 5.92. The maximum atomic E-state index is 14.7. The minimum atomic E-state index is -1.97. The SMILES string of the molecule is CC[Si](CC)(CC)OC(CNCC1(F)CCCC1)c1c(F)cccc1Cl. The van der Waals surface area contributed by atoms with Gasteiger partial charge in [-0.2, -0.15) is 0 Å². The van der Waals surface area contributed by atoms with Crippen molar-refractivity contribution >= 4 is 19.9 Å². The van der Waals surface area contributed by atoms with E-state index >= 15 is 0 Å². The zero-order chi connectivity index (χ0) is 19.2. The molecule has 1 aliphatic rings. The average molecular weight is 404 g/mol. The summed E-state index contributed by atoms with van der Waals surface area (Å²) in [6.45, 7) is 7.09. The first-order chi connectivity index (χ1) is 12.4. The molecule has 0 aromatic heterocycles. The van der Waals surface area contributed by atoms with Gasteiger partial charge < -0.3 is 9.74 Å². The highest BCUT2D eigenvalue weighted by atomic mass is 35.5. The molecule has 148 valence electrons. The van der Waals surface area contributed by atoms with Crippen LogP contribution < -0.4 is 5.32 Å². The maximum absolute atomic E-state index is 14.7. The Kier molecular flexibility index (Phi) is 8.07. The van der Waals surface area contributed by atoms with Crippen LogP contribution in [0.25, 0.3) is 0 Å². The highest BCUT2D eigenvalue weighted by molar-refractivity contribution is 6.73. The minimum absolute atomic E-state index is 0.290. The van der Waals surface area contributed by atoms with E-state index in [-0.39, 0.29) is 12.4 Å². The standard InChI is InChI=1S/C20H32ClF2NOSi/c1-4-26(5-2,6-3)25-18(19-16(21)10-9-11-17(19)22)14-24-15-20(23)12-7-8-13-20/h9-11,18,24H,4-8,12-15H2,1-3H3. The Labute approximate surface area is 162 Å². The van der Waals surface area contributed by atoms with Crippen LogP contribution in [0.4, 0.5) is 8.78 Å². The van der Waals surface area contributed by atoms with E-state index in [0.717, 1.165) is 31.0 Å². The van der Waals surface area contributed by atoms with Crippen molar-refractivity contribution in [3.05, 3.63) is 34.6 Å². The summed E-state index contributed by atoms with van der Waals surface area (Å²) in [4.78, 5) is 0. The highest BCUT2D eigenvalue weighted by Crippen LogP contribution is 2.35. The lowest BCUT2D eigenvalue weighted by Gasteiger charge is -2.34. The maximum Gasteiger partial charge on any atom is 0.192 e. The van der Waals surface area contributed by atoms with E-state index in [9.17, 15) is 8.78 Å². The molecule has 1 unspecified atom stereocenters. The van der Waals surface area contributed by atoms with Crippen LogP contribution in [0, 0.1) is 5.82 Å². The highest BCUT2D eigenvalue weighted by Gasteiger charge is 2.36. The van der Waals surface area contributed by atoms with Crippen molar-refractivity contribution in [2.24, 2.45) is 0 Å². The van der Waals surface area contributed by atoms with Gasteiger partial charge in [0.2, 0.25) is 0 Å². The van der Waals surface area contributed by atoms with E-state index in [4.69, 9.17) is 16.0 Å². The van der Waals surface area contributed by atoms with Gasteiger partial charge in [-0.05, 0) is 43.1 Å². The summed E-state index contributed by atoms with van der Waals surface area (Å²) >= 11 is 6.31. The first kappa shape index (κ1) is 21.8. The number of rotatable bonds is 10. The lowest BCUT2D eigenvalue weighted by Crippen LogP contribution is -2.42. The van der Waals surface area contributed by atoms with Crippen molar-refractivity contribution in [2.75, 3.05) is 13.1 Å². The molecular weight excluding hydrogens is 372 g/mol. The van der Waals surface area contributed by atoms with Gasteiger partial charge in [0.15, 0.2) is 8.32 Å². The molecule has 0 radical (unpaired) electrons. The summed E-state index contributed by atoms with van der Waals surface area (Å²) in [5, 5.41) is 3.59. The van der Waals surface area contributed by atoms with E-state index in [1.165, 1.54) is 6.07 Å². The van der Waals surface area contributed by atoms with Crippen molar-refractivity contribution in [2.45, 2.75) is 76.4 Å². The average Bonchev–Trinajstić information content (AvgIpc) is 3.06. The molecule has 26 heavy (non-hydrogen) atoms. The second-order valence-electron chi connectivity index (χ2n) is 7.47. The fourth-order valence-electron chi connectivity index (χ4n) is 3.94. The van der Waals surface area contributed by atoms with E-state index in [2.05, 4.69) is 26.1 Å². The van der Waals surface area contributed by atoms with Gasteiger partial charge in [0.05, 0.1) is 6.10 Å². The van der Waals surface area contributed by atoms with Gasteiger partial charge in [0.1, 0.15) is 11.5 Å². The van der Waals surface area contributed by atoms with Crippen LogP contribution >= 0.6 is 11.6 Å². The fourth-order valence-corrected chi connectivity index (χ4v) is 7.02. The molecule has 1 saturated carbocycles. The second kappa shape index (κ2) is 9.63. The van der Waals surface area contributed by atoms with E-state index in [1.54, 1.807) is 12.1 Å². The molecule has 0 bridgehead atoms. The quantitative estimate of drug-likeness (QED) is 0.455. The third kappa shape index (κ3) is 5.28. The summed E-state index contributed by atoms with van der Waals surface area (Å²) in [5.41, 5.74) is -0.744. The van der Waals surface area contributed by atoms with Gasteiger partial charge in [-0.25, -0.2) is 8.78 Å². The Balaban J connectivity index is 2.18. The van der Waals surface area contributed by atoms with Gasteiger partial charge in [0.25, 0.3) is 0 Å². The lowest BCUT2D eigenvalue weighted by atomic mass is 10.0. The summed E-state index contributed by atoms with van der Waals surface area (Å²) in [6, 6.07) is 7.61. The number of benzene rings is 1. The molecule has 2 nitrogen and oxygen atoms in total. The van der Waals surface area contributed by atoms with Crippen LogP contribution in [-0.4, -0.2) is 27.1 Å². The molecule has 1 aromatic carbocycles. The predicted molar refractivity (Wildman–Crippen MR) is 108 cm³/mol. The molecule has 0 spiro atoms. The van der Waals surface area contributed by atoms with Crippen molar-refractivity contribution in [1.82, 2.24) is 5.32 Å². The van der Waals surface area contributed by atoms with Gasteiger partial charge in [0, 0.05) is 23.7 Å². The Hall–Kier alpha value is -0.493. The molecule has 0 amide bonds. The topological polar surface area (TPSA) is 21.3 Å². The second-order valence-corrected chi connectivity index (χ2v) is 12.6. The normalized spacial score (nSPS) is 18.2. The van der Waals surface area contributed by atoms with Crippen LogP contribution in [-0.2, 0) is 4.43 Å². The molecule has 0 aliphatic heterocycles. The Morgan fingerprint density at radius 1 is 1.19 bits per heavy atom. The van der Waals surface area contributed by atoms with Crippen molar-refractivity contribution < 1.29 is 13.2 Å². The molecule has 1 fully saturated rings. The van der Waals surface area contributed by atoms with Gasteiger partial charge in [-0.3, -0.25) is 0 Å². The number of hydrogen-bond acceptors (Lipinski definition) is 2. The number of nitrogens with one attached hydrogen (secondary N) is 1. The van der Waals surface area contributed by atoms with Crippen LogP contribution in [0.5, 0.6) is 0 Å². The smallest absolute Gasteiger partial charge is 0.192 e. The van der Waals surface area contributed by atoms with Crippen LogP contribution in [0.15, 0.2) is 18.2 Å². The van der Waals surface area contributed by atoms with Crippen LogP contribution in [0.2, 0.25) is 23.2 Å². The van der Waals surface area contributed by atoms with Gasteiger partial charge in [-0.15, -0.1) is 0 Å². The molecule has 0 saturated heterocycles. The zero-order valence-corrected chi connectivity index (χ0v) is 18.0. The summed E-state index contributed by atoms with van der Waals surface area (Å²) in [5.74, 6) is -0.355. The third-order valence-corrected chi connectivity index (χ3v) is 10.9. The molecular formula is C20H32ClF2NOSi. The van der Waals surface area contributed by atoms with E-state index in [1.807, 2.05) is 0 Å². The Morgan fingerprint density at radius 2 is 1.81 bits per heavy atom. The van der Waals surface area contributed by atoms with Crippen molar-refractivity contribution in [3.8, 4) is 0 Å². The first-order valence-electron chi connectivity index (χ1n) is 9.90. The Bertz CT molecular complexity index is 548. The number of alkyl halides is 1. The lowest BCUT2D eigenvalue weighted by molar-refractivity contribution is 0.144. The van der Waals surface area contributed by atoms with Crippen molar-refractivity contribution in [3.63, 3.8) is 0 Å². The van der Waals surface area contributed by atoms with Gasteiger partial charge in [-0.1, -0.05) is 51.3 Å². The monoisotopic (exact) mass is 403 g/mol. The predicted octanol–water partition coefficient (Wildman–Crippen LogP) is 6.41. The van der Waals surface area contributed by atoms with E-state index < -0.39 is 20.1 Å². The van der Waals surface area contributed by atoms with Crippen molar-refractivity contribution in [1.29, 1.82) is 0 Å². The molecule has 0 heterocycles. The summed E-state index contributed by atoms with van der Waals surface area (Å²) in [7, 11) is -1.97. The van der Waals surface area contributed by atoms with E-state index in [0.29, 0.717) is 30.0 Å². The Morgan fingerprint density at radius 3 is 2.35 bits per heavy atom. The molecule has 1 N–H and O–H groups in total. The van der Waals surface area contributed by atoms with Crippen LogP contribution in [0.3, 0.4) is 0 Å². The zero-order valence-electron chi connectivity index (χ0n) is 16.2. The molecule has 1 aliphatic carbocycles. The van der Waals surface area contributed by atoms with Gasteiger partial charge >= 0.3 is 0 Å². The molecule has 2 rings (SSSR count). The minimum Gasteiger partial charge on any atom is -0.408 e. The molecule has 1 aromatic rings. The molecule has 1 atom stereocenters. The summed E-state index contributed by atoms with van der Waals surface area (Å²) in [6.07, 6.45) is 2.59. The fraction of sp³-hybridized carbons (Fsp3) is 0.700. The number of halogens is 3. The number of hydrogen-bond donors (Lipinski definition) is 1. The molecule has 6 heteroatoms. The van der Waals surface area contributed by atoms with Crippen LogP contribution in [0.1, 0.15) is 58.1 Å². The largest absolute Gasteiger partial charge is 0.408 e.